The summed E-state index contributed by atoms with van der Waals surface area (Å²) in [6.45, 7) is 6.63. The van der Waals surface area contributed by atoms with Crippen LogP contribution in [0, 0.1) is 12.3 Å². The molecule has 108 valence electrons. The first kappa shape index (κ1) is 16.1. The predicted molar refractivity (Wildman–Crippen MR) is 83.6 cm³/mol. The van der Waals surface area contributed by atoms with Crippen LogP contribution in [0.4, 0.5) is 0 Å². The lowest BCUT2D eigenvalue weighted by atomic mass is 10.0. The fourth-order valence-corrected chi connectivity index (χ4v) is 2.51. The Morgan fingerprint density at radius 3 is 2.75 bits per heavy atom. The summed E-state index contributed by atoms with van der Waals surface area (Å²) < 4.78 is 0. The molecule has 1 aliphatic heterocycles. The second-order valence-electron chi connectivity index (χ2n) is 5.03. The van der Waals surface area contributed by atoms with Gasteiger partial charge in [-0.15, -0.1) is 6.42 Å². The molecule has 0 aromatic carbocycles. The summed E-state index contributed by atoms with van der Waals surface area (Å²) in [4.78, 5) is 13.5. The maximum atomic E-state index is 11.3. The smallest absolute Gasteiger partial charge is 0.246 e. The molecule has 1 heterocycles. The second-order valence-corrected chi connectivity index (χ2v) is 5.03. The number of primary amides is 1. The van der Waals surface area contributed by atoms with E-state index in [1.807, 2.05) is 19.9 Å². The summed E-state index contributed by atoms with van der Waals surface area (Å²) in [5.74, 6) is 2.44. The minimum Gasteiger partial charge on any atom is -0.367 e. The fourth-order valence-electron chi connectivity index (χ4n) is 2.51. The van der Waals surface area contributed by atoms with Crippen LogP contribution in [-0.4, -0.2) is 23.4 Å². The minimum absolute atomic E-state index is 0.194. The van der Waals surface area contributed by atoms with E-state index in [1.165, 1.54) is 0 Å². The Morgan fingerprint density at radius 2 is 2.20 bits per heavy atom. The van der Waals surface area contributed by atoms with E-state index >= 15 is 0 Å². The molecule has 1 atom stereocenters. The Hall–Kier alpha value is -1.95. The highest BCUT2D eigenvalue weighted by atomic mass is 16.1. The molecule has 0 aromatic heterocycles. The minimum atomic E-state index is -0.367. The molecule has 1 amide bonds. The summed E-state index contributed by atoms with van der Waals surface area (Å²) in [6.07, 6.45) is 14.8. The molecule has 3 nitrogen and oxygen atoms in total. The number of hydrogen-bond acceptors (Lipinski definition) is 2. The van der Waals surface area contributed by atoms with E-state index in [4.69, 9.17) is 12.2 Å². The maximum absolute atomic E-state index is 11.3. The van der Waals surface area contributed by atoms with Gasteiger partial charge in [0.05, 0.1) is 6.04 Å². The standard InChI is InChI=1S/C17H24N2O/c1-5-7-8-10-15(6-2)16-11-9-12-19(16)14(4)13(3)17(18)20/h2,5,7,10,16H,8-9,11-12H2,1,3-4H3,(H2,18,20)/b7-5-,14-13-,15-10+. The van der Waals surface area contributed by atoms with Crippen molar-refractivity contribution >= 4 is 5.91 Å². The normalized spacial score (nSPS) is 21.0. The van der Waals surface area contributed by atoms with Crippen LogP contribution in [0.15, 0.2) is 35.1 Å². The first-order valence-electron chi connectivity index (χ1n) is 7.04. The van der Waals surface area contributed by atoms with Crippen LogP contribution in [0.2, 0.25) is 0 Å². The number of carbonyl (C=O) groups excluding carboxylic acids is 1. The van der Waals surface area contributed by atoms with Gasteiger partial charge in [-0.25, -0.2) is 0 Å². The van der Waals surface area contributed by atoms with E-state index in [1.54, 1.807) is 6.92 Å². The van der Waals surface area contributed by atoms with Crippen LogP contribution < -0.4 is 5.73 Å². The highest BCUT2D eigenvalue weighted by molar-refractivity contribution is 5.91. The molecule has 0 radical (unpaired) electrons. The fraction of sp³-hybridized carbons (Fsp3) is 0.471. The van der Waals surface area contributed by atoms with E-state index in [2.05, 4.69) is 23.0 Å². The van der Waals surface area contributed by atoms with E-state index in [0.29, 0.717) is 5.57 Å². The number of terminal acetylenes is 1. The Labute approximate surface area is 122 Å². The molecule has 20 heavy (non-hydrogen) atoms. The molecule has 1 aliphatic rings. The van der Waals surface area contributed by atoms with Crippen LogP contribution in [0.3, 0.4) is 0 Å². The summed E-state index contributed by atoms with van der Waals surface area (Å²) in [5, 5.41) is 0. The van der Waals surface area contributed by atoms with E-state index in [-0.39, 0.29) is 11.9 Å². The second kappa shape index (κ2) is 7.59. The molecule has 1 unspecified atom stereocenters. The molecule has 0 bridgehead atoms. The van der Waals surface area contributed by atoms with Gasteiger partial charge in [-0.3, -0.25) is 4.79 Å². The van der Waals surface area contributed by atoms with Gasteiger partial charge in [0, 0.05) is 23.4 Å². The molecule has 0 aliphatic carbocycles. The first-order chi connectivity index (χ1) is 9.52. The van der Waals surface area contributed by atoms with Crippen LogP contribution in [-0.2, 0) is 4.79 Å². The lowest BCUT2D eigenvalue weighted by Crippen LogP contribution is -2.31. The largest absolute Gasteiger partial charge is 0.367 e. The van der Waals surface area contributed by atoms with Crippen LogP contribution in [0.25, 0.3) is 0 Å². The number of nitrogens with zero attached hydrogens (tertiary/aromatic N) is 1. The average molecular weight is 272 g/mol. The number of nitrogens with two attached hydrogens (primary N) is 1. The molecule has 1 saturated heterocycles. The quantitative estimate of drug-likeness (QED) is 0.475. The van der Waals surface area contributed by atoms with Crippen molar-refractivity contribution < 1.29 is 4.79 Å². The third kappa shape index (κ3) is 3.77. The zero-order valence-corrected chi connectivity index (χ0v) is 12.6. The molecule has 0 aromatic rings. The summed E-state index contributed by atoms with van der Waals surface area (Å²) in [6, 6.07) is 0.194. The Morgan fingerprint density at radius 1 is 1.50 bits per heavy atom. The summed E-state index contributed by atoms with van der Waals surface area (Å²) in [5.41, 5.74) is 7.92. The van der Waals surface area contributed by atoms with Crippen LogP contribution in [0.1, 0.15) is 40.0 Å². The molecule has 0 spiro atoms. The van der Waals surface area contributed by atoms with Gasteiger partial charge in [0.15, 0.2) is 0 Å². The van der Waals surface area contributed by atoms with E-state index < -0.39 is 0 Å². The SMILES string of the molecule is C#C/C(=C\C/C=C\C)C1CCCN1/C(C)=C(/C)C(N)=O. The van der Waals surface area contributed by atoms with E-state index in [9.17, 15) is 4.79 Å². The van der Waals surface area contributed by atoms with Gasteiger partial charge in [-0.1, -0.05) is 24.1 Å². The topological polar surface area (TPSA) is 46.3 Å². The number of amides is 1. The molecule has 2 N–H and O–H groups in total. The Balaban J connectivity index is 3.00. The van der Waals surface area contributed by atoms with Crippen LogP contribution in [0.5, 0.6) is 0 Å². The zero-order chi connectivity index (χ0) is 15.1. The number of likely N-dealkylation sites (tertiary alicyclic amines) is 1. The number of hydrogen-bond donors (Lipinski definition) is 1. The molecular weight excluding hydrogens is 248 g/mol. The van der Waals surface area contributed by atoms with Crippen molar-refractivity contribution in [2.75, 3.05) is 6.54 Å². The highest BCUT2D eigenvalue weighted by Gasteiger charge is 2.28. The Bertz CT molecular complexity index is 492. The first-order valence-corrected chi connectivity index (χ1v) is 7.04. The third-order valence-electron chi connectivity index (χ3n) is 3.83. The summed E-state index contributed by atoms with van der Waals surface area (Å²) >= 11 is 0. The van der Waals surface area contributed by atoms with E-state index in [0.717, 1.165) is 37.1 Å². The lowest BCUT2D eigenvalue weighted by Gasteiger charge is -2.28. The van der Waals surface area contributed by atoms with Gasteiger partial charge in [0.1, 0.15) is 0 Å². The van der Waals surface area contributed by atoms with Crippen LogP contribution >= 0.6 is 0 Å². The molecule has 1 fully saturated rings. The molecule has 3 heteroatoms. The lowest BCUT2D eigenvalue weighted by molar-refractivity contribution is -0.114. The maximum Gasteiger partial charge on any atom is 0.246 e. The van der Waals surface area contributed by atoms with Crippen molar-refractivity contribution in [1.82, 2.24) is 4.90 Å². The predicted octanol–water partition coefficient (Wildman–Crippen LogP) is 2.76. The molecule has 1 rings (SSSR count). The van der Waals surface area contributed by atoms with Gasteiger partial charge >= 0.3 is 0 Å². The van der Waals surface area contributed by atoms with Gasteiger partial charge in [-0.2, -0.15) is 0 Å². The molecule has 0 saturated carbocycles. The van der Waals surface area contributed by atoms with Gasteiger partial charge in [0.2, 0.25) is 5.91 Å². The monoisotopic (exact) mass is 272 g/mol. The van der Waals surface area contributed by atoms with Crippen molar-refractivity contribution in [2.24, 2.45) is 5.73 Å². The zero-order valence-electron chi connectivity index (χ0n) is 12.6. The number of rotatable bonds is 5. The van der Waals surface area contributed by atoms with Crippen molar-refractivity contribution in [2.45, 2.75) is 46.1 Å². The average Bonchev–Trinajstić information content (AvgIpc) is 2.91. The van der Waals surface area contributed by atoms with Gasteiger partial charge in [-0.05, 0) is 40.0 Å². The highest BCUT2D eigenvalue weighted by Crippen LogP contribution is 2.28. The van der Waals surface area contributed by atoms with Crippen molar-refractivity contribution in [3.63, 3.8) is 0 Å². The third-order valence-corrected chi connectivity index (χ3v) is 3.83. The summed E-state index contributed by atoms with van der Waals surface area (Å²) in [7, 11) is 0. The van der Waals surface area contributed by atoms with Crippen molar-refractivity contribution in [3.05, 3.63) is 35.1 Å². The van der Waals surface area contributed by atoms with Gasteiger partial charge in [0.25, 0.3) is 0 Å². The Kier molecular flexibility index (Phi) is 6.11. The number of allylic oxidation sites excluding steroid dienone is 4. The van der Waals surface area contributed by atoms with Crippen molar-refractivity contribution in [3.8, 4) is 12.3 Å². The van der Waals surface area contributed by atoms with Gasteiger partial charge < -0.3 is 10.6 Å². The number of carbonyl (C=O) groups is 1. The molecular formula is C17H24N2O. The van der Waals surface area contributed by atoms with Crippen molar-refractivity contribution in [1.29, 1.82) is 0 Å².